The van der Waals surface area contributed by atoms with Crippen LogP contribution in [0.3, 0.4) is 0 Å². The maximum atomic E-state index is 6.81. The molecule has 2 aliphatic rings. The maximum Gasteiger partial charge on any atom is 0.126 e. The Bertz CT molecular complexity index is 2580. The van der Waals surface area contributed by atoms with Crippen LogP contribution < -0.4 is 5.73 Å². The lowest BCUT2D eigenvalue weighted by molar-refractivity contribution is 0.660. The molecule has 2 heteroatoms. The molecule has 2 aliphatic carbocycles. The van der Waals surface area contributed by atoms with Gasteiger partial charge in [-0.2, -0.15) is 0 Å². The molecule has 0 bridgehead atoms. The van der Waals surface area contributed by atoms with E-state index in [0.29, 0.717) is 5.84 Å². The van der Waals surface area contributed by atoms with E-state index in [4.69, 9.17) is 10.7 Å². The first-order valence-corrected chi connectivity index (χ1v) is 18.3. The number of fused-ring (bicyclic) bond motifs is 7. The highest BCUT2D eigenvalue weighted by Gasteiger charge is 2.37. The minimum Gasteiger partial charge on any atom is -0.383 e. The van der Waals surface area contributed by atoms with E-state index in [0.717, 1.165) is 16.7 Å². The van der Waals surface area contributed by atoms with Crippen molar-refractivity contribution in [1.82, 2.24) is 0 Å². The van der Waals surface area contributed by atoms with Crippen molar-refractivity contribution in [2.24, 2.45) is 10.7 Å². The third-order valence-electron chi connectivity index (χ3n) is 11.6. The number of aliphatic imine (C=N–C) groups is 1. The van der Waals surface area contributed by atoms with Crippen LogP contribution >= 0.6 is 0 Å². The van der Waals surface area contributed by atoms with Gasteiger partial charge in [0.15, 0.2) is 0 Å². The van der Waals surface area contributed by atoms with Crippen LogP contribution in [0.2, 0.25) is 0 Å². The van der Waals surface area contributed by atoms with Crippen LogP contribution in [0.25, 0.3) is 50.2 Å². The lowest BCUT2D eigenvalue weighted by Gasteiger charge is -2.22. The summed E-state index contributed by atoms with van der Waals surface area (Å²) in [6.07, 6.45) is 4.51. The molecule has 0 saturated carbocycles. The van der Waals surface area contributed by atoms with Crippen molar-refractivity contribution >= 4 is 22.7 Å². The standard InChI is InChI=1S/C50H42N2/c1-49(2)42-23-13-12-21-38(42)39-27-25-36(31-44(39)49)37-20-10-11-22-40(37)46(52-48(51)33-15-6-5-7-16-33)28-26-32-19-14-24-43-47(32)41-29-34-17-8-9-18-35(34)30-45(41)50(43,3)4/h5-31,46H,1-4H3,(H2,51,52)/b28-26+. The topological polar surface area (TPSA) is 38.4 Å². The summed E-state index contributed by atoms with van der Waals surface area (Å²) in [5.41, 5.74) is 22.9. The molecule has 7 aromatic carbocycles. The van der Waals surface area contributed by atoms with E-state index in [1.165, 1.54) is 66.4 Å². The molecule has 0 aromatic heterocycles. The van der Waals surface area contributed by atoms with Crippen LogP contribution in [0.4, 0.5) is 0 Å². The molecule has 0 aliphatic heterocycles. The zero-order valence-corrected chi connectivity index (χ0v) is 30.2. The fraction of sp³-hybridized carbons (Fsp3) is 0.140. The summed E-state index contributed by atoms with van der Waals surface area (Å²) in [6, 6.07) is 54.4. The molecule has 0 saturated heterocycles. The van der Waals surface area contributed by atoms with Crippen LogP contribution in [-0.2, 0) is 10.8 Å². The Balaban J connectivity index is 1.19. The van der Waals surface area contributed by atoms with E-state index >= 15 is 0 Å². The van der Waals surface area contributed by atoms with Crippen LogP contribution in [0.5, 0.6) is 0 Å². The third kappa shape index (κ3) is 5.05. The first kappa shape index (κ1) is 32.0. The van der Waals surface area contributed by atoms with Gasteiger partial charge >= 0.3 is 0 Å². The molecule has 0 heterocycles. The van der Waals surface area contributed by atoms with Gasteiger partial charge in [-0.15, -0.1) is 0 Å². The minimum atomic E-state index is -0.323. The van der Waals surface area contributed by atoms with Gasteiger partial charge in [0.2, 0.25) is 0 Å². The number of amidine groups is 1. The Hall–Kier alpha value is -5.99. The average Bonchev–Trinajstić information content (AvgIpc) is 3.55. The fourth-order valence-electron chi connectivity index (χ4n) is 8.77. The monoisotopic (exact) mass is 670 g/mol. The van der Waals surface area contributed by atoms with Crippen molar-refractivity contribution in [3.8, 4) is 33.4 Å². The van der Waals surface area contributed by atoms with E-state index in [2.05, 4.69) is 161 Å². The number of rotatable bonds is 6. The van der Waals surface area contributed by atoms with E-state index < -0.39 is 0 Å². The lowest BCUT2D eigenvalue weighted by Crippen LogP contribution is -2.15. The quantitative estimate of drug-likeness (QED) is 0.139. The van der Waals surface area contributed by atoms with Crippen molar-refractivity contribution in [1.29, 1.82) is 0 Å². The summed E-state index contributed by atoms with van der Waals surface area (Å²) in [4.78, 5) is 5.27. The highest BCUT2D eigenvalue weighted by Crippen LogP contribution is 2.52. The molecule has 52 heavy (non-hydrogen) atoms. The molecule has 0 amide bonds. The van der Waals surface area contributed by atoms with Crippen LogP contribution in [0.15, 0.2) is 163 Å². The van der Waals surface area contributed by atoms with Gasteiger partial charge in [0.25, 0.3) is 0 Å². The van der Waals surface area contributed by atoms with Crippen LogP contribution in [0, 0.1) is 0 Å². The number of nitrogens with two attached hydrogens (primary N) is 1. The number of nitrogens with zero attached hydrogens (tertiary/aromatic N) is 1. The predicted octanol–water partition coefficient (Wildman–Crippen LogP) is 12.3. The predicted molar refractivity (Wildman–Crippen MR) is 220 cm³/mol. The number of hydrogen-bond donors (Lipinski definition) is 1. The summed E-state index contributed by atoms with van der Waals surface area (Å²) in [6.45, 7) is 9.37. The molecular weight excluding hydrogens is 629 g/mol. The normalized spacial score (nSPS) is 15.7. The highest BCUT2D eigenvalue weighted by atomic mass is 14.9. The molecule has 1 unspecified atom stereocenters. The van der Waals surface area contributed by atoms with E-state index in [1.54, 1.807) is 0 Å². The second kappa shape index (κ2) is 12.1. The zero-order chi connectivity index (χ0) is 35.6. The molecule has 1 atom stereocenters. The molecule has 7 aromatic rings. The van der Waals surface area contributed by atoms with Crippen LogP contribution in [0.1, 0.15) is 72.7 Å². The van der Waals surface area contributed by atoms with Gasteiger partial charge in [0, 0.05) is 16.4 Å². The van der Waals surface area contributed by atoms with Gasteiger partial charge in [-0.05, 0) is 95.7 Å². The molecule has 2 nitrogen and oxygen atoms in total. The minimum absolute atomic E-state index is 0.0881. The Kier molecular flexibility index (Phi) is 7.41. The van der Waals surface area contributed by atoms with Crippen molar-refractivity contribution in [3.63, 3.8) is 0 Å². The second-order valence-corrected chi connectivity index (χ2v) is 15.3. The van der Waals surface area contributed by atoms with Gasteiger partial charge in [0.1, 0.15) is 5.84 Å². The highest BCUT2D eigenvalue weighted by molar-refractivity contribution is 5.98. The van der Waals surface area contributed by atoms with Gasteiger partial charge < -0.3 is 5.73 Å². The maximum absolute atomic E-state index is 6.81. The summed E-state index contributed by atoms with van der Waals surface area (Å²) < 4.78 is 0. The molecule has 0 spiro atoms. The number of benzene rings is 7. The molecular formula is C50H42N2. The smallest absolute Gasteiger partial charge is 0.126 e. The molecule has 2 N–H and O–H groups in total. The SMILES string of the molecule is CC1(C)c2ccccc2-c2ccc(-c3ccccc3C(/C=C/c3cccc4c3-c3cc5ccccc5cc3C4(C)C)N=C(N)c3ccccc3)cc21. The molecule has 252 valence electrons. The summed E-state index contributed by atoms with van der Waals surface area (Å²) in [5, 5.41) is 2.54. The first-order chi connectivity index (χ1) is 25.2. The zero-order valence-electron chi connectivity index (χ0n) is 30.2. The Morgan fingerprint density at radius 2 is 1.15 bits per heavy atom. The second-order valence-electron chi connectivity index (χ2n) is 15.3. The first-order valence-electron chi connectivity index (χ1n) is 18.3. The lowest BCUT2D eigenvalue weighted by atomic mass is 9.81. The van der Waals surface area contributed by atoms with Gasteiger partial charge in [-0.25, -0.2) is 0 Å². The average molecular weight is 671 g/mol. The summed E-state index contributed by atoms with van der Waals surface area (Å²) >= 11 is 0. The molecule has 0 radical (unpaired) electrons. The van der Waals surface area contributed by atoms with Crippen molar-refractivity contribution < 1.29 is 0 Å². The Morgan fingerprint density at radius 1 is 0.538 bits per heavy atom. The summed E-state index contributed by atoms with van der Waals surface area (Å²) in [7, 11) is 0. The largest absolute Gasteiger partial charge is 0.383 e. The van der Waals surface area contributed by atoms with E-state index in [9.17, 15) is 0 Å². The third-order valence-corrected chi connectivity index (χ3v) is 11.6. The summed E-state index contributed by atoms with van der Waals surface area (Å²) in [5.74, 6) is 0.520. The van der Waals surface area contributed by atoms with Gasteiger partial charge in [-0.1, -0.05) is 173 Å². The Morgan fingerprint density at radius 3 is 1.96 bits per heavy atom. The Labute approximate surface area is 307 Å². The number of hydrogen-bond acceptors (Lipinski definition) is 1. The van der Waals surface area contributed by atoms with E-state index in [1.807, 2.05) is 30.3 Å². The molecule has 0 fully saturated rings. The molecule has 9 rings (SSSR count). The van der Waals surface area contributed by atoms with Gasteiger partial charge in [-0.3, -0.25) is 4.99 Å². The van der Waals surface area contributed by atoms with Crippen molar-refractivity contribution in [2.75, 3.05) is 0 Å². The fourth-order valence-corrected chi connectivity index (χ4v) is 8.77. The van der Waals surface area contributed by atoms with Crippen molar-refractivity contribution in [2.45, 2.75) is 44.6 Å². The van der Waals surface area contributed by atoms with Gasteiger partial charge in [0.05, 0.1) is 6.04 Å². The van der Waals surface area contributed by atoms with E-state index in [-0.39, 0.29) is 16.9 Å². The van der Waals surface area contributed by atoms with Crippen LogP contribution in [-0.4, -0.2) is 5.84 Å². The van der Waals surface area contributed by atoms with Crippen molar-refractivity contribution in [3.05, 3.63) is 197 Å².